The van der Waals surface area contributed by atoms with Crippen LogP contribution in [0.4, 0.5) is 14.4 Å². The Hall–Kier alpha value is -7.22. The molecule has 3 heterocycles. The van der Waals surface area contributed by atoms with Crippen LogP contribution in [0, 0.1) is 124 Å². The maximum Gasteiger partial charge on any atom is 0.404 e. The molecular formula is C99H165N3O20. The maximum atomic E-state index is 11.9. The van der Waals surface area contributed by atoms with Crippen molar-refractivity contribution in [3.63, 3.8) is 0 Å². The lowest BCUT2D eigenvalue weighted by Gasteiger charge is -2.36. The van der Waals surface area contributed by atoms with Crippen molar-refractivity contribution in [2.75, 3.05) is 0 Å². The van der Waals surface area contributed by atoms with Gasteiger partial charge in [0.15, 0.2) is 0 Å². The van der Waals surface area contributed by atoms with Gasteiger partial charge in [0.2, 0.25) is 0 Å². The van der Waals surface area contributed by atoms with Crippen molar-refractivity contribution >= 4 is 36.2 Å². The van der Waals surface area contributed by atoms with Crippen molar-refractivity contribution in [2.45, 2.75) is 316 Å². The fraction of sp³-hybridized carbons (Fsp3) is 0.697. The molecule has 0 aromatic heterocycles. The highest BCUT2D eigenvalue weighted by molar-refractivity contribution is 5.74. The molecular weight excluding hydrogens is 1550 g/mol. The molecule has 696 valence electrons. The molecule has 0 aromatic carbocycles. The number of aliphatic hydroxyl groups excluding tert-OH is 8. The maximum absolute atomic E-state index is 11.9. The SMILES string of the molecule is C=C/C=C\[C@H](C)[C@H](OC(N)=O)[C@@H](C)[C@H](O)[C@@H](C)C/C(C)=C\[C@H](C)[C@@H](O)[C@@H](C)/C=C\CC[C@@H]1OC(=O)[C@H](C)C[C@H]1C.C=C/C=C\[C@H](C)[C@H](OC(N)=O)[C@@H](C)[C@H](O)[C@@H](C)C/C(C)=C\[C@H](C)[C@@H](O)[C@@H](C)/C=C\CC[C@@H]1OC(=O)[C@H](C)[C@@H](O)[C@H]1C.C=C/C=C\[C@H](C)[C@H](OC(N)=O)[C@@H](C)[C@H](O)[C@@H](C)C/C(C)=C\[C@H](C)[C@@H](O)[C@@H](C)/C=C\[C@@H](O)C[C@@H]1OC(=O)[C@H](C)C[C@H]1C. The Labute approximate surface area is 733 Å². The summed E-state index contributed by atoms with van der Waals surface area (Å²) < 4.78 is 32.7. The van der Waals surface area contributed by atoms with E-state index in [-0.39, 0.29) is 149 Å². The first-order chi connectivity index (χ1) is 56.9. The quantitative estimate of drug-likeness (QED) is 0.0117. The van der Waals surface area contributed by atoms with E-state index in [1.165, 1.54) is 0 Å². The van der Waals surface area contributed by atoms with E-state index in [9.17, 15) is 69.6 Å². The predicted molar refractivity (Wildman–Crippen MR) is 486 cm³/mol. The van der Waals surface area contributed by atoms with Gasteiger partial charge in [-0.25, -0.2) is 14.4 Å². The number of esters is 3. The van der Waals surface area contributed by atoms with E-state index in [2.05, 4.69) is 38.8 Å². The molecule has 0 aliphatic carbocycles. The van der Waals surface area contributed by atoms with Crippen molar-refractivity contribution in [3.05, 3.63) is 146 Å². The van der Waals surface area contributed by atoms with Gasteiger partial charge < -0.3 is 86.5 Å². The first kappa shape index (κ1) is 113. The summed E-state index contributed by atoms with van der Waals surface area (Å²) in [6, 6.07) is 0. The predicted octanol–water partition coefficient (Wildman–Crippen LogP) is 17.0. The third-order valence-electron chi connectivity index (χ3n) is 25.3. The number of allylic oxidation sites excluding steroid dienone is 11. The van der Waals surface area contributed by atoms with Gasteiger partial charge in [-0.1, -0.05) is 284 Å². The molecule has 3 saturated heterocycles. The number of carbonyl (C=O) groups excluding carboxylic acids is 6. The number of cyclic esters (lactones) is 3. The van der Waals surface area contributed by atoms with Gasteiger partial charge in [-0.2, -0.15) is 0 Å². The van der Waals surface area contributed by atoms with Crippen LogP contribution in [0.15, 0.2) is 146 Å². The van der Waals surface area contributed by atoms with Gasteiger partial charge >= 0.3 is 36.2 Å². The Morgan fingerprint density at radius 1 is 0.410 bits per heavy atom. The highest BCUT2D eigenvalue weighted by atomic mass is 16.6. The second-order valence-corrected chi connectivity index (χ2v) is 36.9. The average molecular weight is 1720 g/mol. The molecule has 122 heavy (non-hydrogen) atoms. The zero-order valence-corrected chi connectivity index (χ0v) is 78.5. The molecule has 23 heteroatoms. The average Bonchev–Trinajstić information content (AvgIpc) is 0.976. The second-order valence-electron chi connectivity index (χ2n) is 36.9. The van der Waals surface area contributed by atoms with E-state index in [0.717, 1.165) is 42.4 Å². The summed E-state index contributed by atoms with van der Waals surface area (Å²) in [5.74, 6) is -3.42. The van der Waals surface area contributed by atoms with E-state index >= 15 is 0 Å². The molecule has 23 nitrogen and oxygen atoms in total. The van der Waals surface area contributed by atoms with Crippen LogP contribution in [0.25, 0.3) is 0 Å². The molecule has 0 bridgehead atoms. The molecule has 3 aliphatic rings. The number of ether oxygens (including phenoxy) is 6. The van der Waals surface area contributed by atoms with Gasteiger partial charge in [-0.3, -0.25) is 14.4 Å². The summed E-state index contributed by atoms with van der Waals surface area (Å²) in [4.78, 5) is 70.3. The van der Waals surface area contributed by atoms with Crippen molar-refractivity contribution < 1.29 is 98.0 Å². The number of aliphatic hydroxyl groups is 8. The third-order valence-corrected chi connectivity index (χ3v) is 25.3. The Bertz CT molecular complexity index is 3450. The smallest absolute Gasteiger partial charge is 0.404 e. The van der Waals surface area contributed by atoms with Gasteiger partial charge in [0.05, 0.1) is 66.6 Å². The zero-order valence-electron chi connectivity index (χ0n) is 78.5. The van der Waals surface area contributed by atoms with E-state index in [0.29, 0.717) is 44.4 Å². The summed E-state index contributed by atoms with van der Waals surface area (Å²) in [5, 5.41) is 86.8. The Balaban J connectivity index is 0.000000915. The van der Waals surface area contributed by atoms with E-state index < -0.39 is 91.3 Å². The summed E-state index contributed by atoms with van der Waals surface area (Å²) in [7, 11) is 0. The number of carbonyl (C=O) groups is 6. The molecule has 0 aromatic rings. The van der Waals surface area contributed by atoms with Gasteiger partial charge in [0.1, 0.15) is 36.6 Å². The first-order valence-corrected chi connectivity index (χ1v) is 44.7. The molecule has 0 unspecified atom stereocenters. The van der Waals surface area contributed by atoms with E-state index in [4.69, 9.17) is 45.6 Å². The van der Waals surface area contributed by atoms with Gasteiger partial charge in [0, 0.05) is 83.4 Å². The number of hydrogen-bond acceptors (Lipinski definition) is 20. The molecule has 0 spiro atoms. The van der Waals surface area contributed by atoms with Crippen LogP contribution in [-0.2, 0) is 42.8 Å². The normalized spacial score (nSPS) is 27.0. The fourth-order valence-electron chi connectivity index (χ4n) is 17.5. The number of primary amides is 3. The van der Waals surface area contributed by atoms with Gasteiger partial charge in [-0.05, 0) is 115 Å². The van der Waals surface area contributed by atoms with Crippen LogP contribution >= 0.6 is 0 Å². The molecule has 14 N–H and O–H groups in total. The zero-order chi connectivity index (χ0) is 93.4. The van der Waals surface area contributed by atoms with Crippen LogP contribution < -0.4 is 17.2 Å². The van der Waals surface area contributed by atoms with Crippen LogP contribution in [0.3, 0.4) is 0 Å². The number of rotatable bonds is 48. The Morgan fingerprint density at radius 3 is 1.02 bits per heavy atom. The Kier molecular flexibility index (Phi) is 53.1. The molecule has 35 atom stereocenters. The molecule has 0 radical (unpaired) electrons. The standard InChI is InChI=1S/2C33H55NO7.C33H55NO6/c1-10-11-14-21(4)31(41-33(34)39)25(8)29(36)23(6)18-19(2)17-22(5)28(35)20(3)15-12-13-16-27-24(7)30(37)26(9)32(38)40-27;1-10-11-12-21(4)31(41-33(34)39)26(9)30(37)24(7)16-19(2)15-23(6)29(36)20(3)13-14-27(35)18-28-22(5)17-25(8)32(38)40-28;1-10-11-14-22(4)31(40-33(34)38)27(9)30(36)25(7)18-20(2)17-24(6)29(35)21(3)15-12-13-16-28-23(5)19-26(8)32(37)39-28/h10-12,14-15,17,20-31,35-37H,1,13,16,18H2,2-9H3,(H2,34,39);10-15,20-31,35-37H,1,16-18H2,2-9H3,(H2,34,39);10-12,14-15,17,21-31,35-36H,1,13,16,18-19H2,2-9H3,(H2,34,38)/b14-11-,15-12-,19-17-;12-11-,14-13-,19-15-;14-11-,15-12-,20-17-/t20-,21-,22-,23-,24-,25-,26+,27-,28-,29+,30-,31-;20-,21-,22+,23-,24-,25+,26-,27+,28-,29-,30+,31-;21-,22-,23+,24-,25-,26+,27-,28-,29-,30+,31-/m000/s1. The van der Waals surface area contributed by atoms with Crippen molar-refractivity contribution in [1.82, 2.24) is 0 Å². The first-order valence-electron chi connectivity index (χ1n) is 44.7. The monoisotopic (exact) mass is 1720 g/mol. The Morgan fingerprint density at radius 2 is 0.705 bits per heavy atom. The van der Waals surface area contributed by atoms with Crippen LogP contribution in [0.5, 0.6) is 0 Å². The summed E-state index contributed by atoms with van der Waals surface area (Å²) in [6.07, 6.45) is 29.8. The number of hydrogen-bond donors (Lipinski definition) is 11. The van der Waals surface area contributed by atoms with Gasteiger partial charge in [-0.15, -0.1) is 0 Å². The van der Waals surface area contributed by atoms with Crippen LogP contribution in [0.1, 0.15) is 230 Å². The minimum absolute atomic E-state index is 0.0223. The third kappa shape index (κ3) is 40.0. The summed E-state index contributed by atoms with van der Waals surface area (Å²) >= 11 is 0. The van der Waals surface area contributed by atoms with Crippen LogP contribution in [0.2, 0.25) is 0 Å². The number of nitrogens with two attached hydrogens (primary N) is 3. The highest BCUT2D eigenvalue weighted by Gasteiger charge is 2.42. The lowest BCUT2D eigenvalue weighted by Crippen LogP contribution is -2.46. The van der Waals surface area contributed by atoms with E-state index in [1.54, 1.807) is 49.5 Å². The largest absolute Gasteiger partial charge is 0.462 e. The molecule has 3 rings (SSSR count). The topological polar surface area (TPSA) is 398 Å². The highest BCUT2D eigenvalue weighted by Crippen LogP contribution is 2.36. The van der Waals surface area contributed by atoms with Crippen LogP contribution in [-0.4, -0.2) is 162 Å². The summed E-state index contributed by atoms with van der Waals surface area (Å²) in [5.41, 5.74) is 19.1. The lowest BCUT2D eigenvalue weighted by atomic mass is 9.81. The molecule has 0 saturated carbocycles. The molecule has 3 aliphatic heterocycles. The minimum Gasteiger partial charge on any atom is -0.462 e. The molecule has 3 amide bonds. The number of amides is 3. The minimum atomic E-state index is -0.878. The van der Waals surface area contributed by atoms with Gasteiger partial charge in [0.25, 0.3) is 0 Å². The van der Waals surface area contributed by atoms with Crippen molar-refractivity contribution in [1.29, 1.82) is 0 Å². The second kappa shape index (κ2) is 57.4. The fourth-order valence-corrected chi connectivity index (χ4v) is 17.5. The summed E-state index contributed by atoms with van der Waals surface area (Å²) in [6.45, 7) is 57.4. The van der Waals surface area contributed by atoms with Crippen molar-refractivity contribution in [3.8, 4) is 0 Å². The molecule has 3 fully saturated rings. The van der Waals surface area contributed by atoms with Crippen molar-refractivity contribution in [2.24, 2.45) is 141 Å². The van der Waals surface area contributed by atoms with E-state index in [1.807, 2.05) is 207 Å². The lowest BCUT2D eigenvalue weighted by molar-refractivity contribution is -0.177.